The van der Waals surface area contributed by atoms with Crippen LogP contribution in [0.3, 0.4) is 0 Å². The summed E-state index contributed by atoms with van der Waals surface area (Å²) in [5.74, 6) is 5.53. The van der Waals surface area contributed by atoms with Crippen LogP contribution in [0.25, 0.3) is 0 Å². The highest BCUT2D eigenvalue weighted by molar-refractivity contribution is 5.35. The molecule has 0 saturated carbocycles. The van der Waals surface area contributed by atoms with Crippen LogP contribution in [-0.4, -0.2) is 16.6 Å². The topological polar surface area (TPSA) is 58.8 Å². The van der Waals surface area contributed by atoms with Crippen LogP contribution in [0.5, 0.6) is 5.88 Å². The smallest absolute Gasteiger partial charge is 0.217 e. The molecule has 2 rings (SSSR count). The maximum absolute atomic E-state index is 9.36. The van der Waals surface area contributed by atoms with Gasteiger partial charge in [0.05, 0.1) is 11.8 Å². The maximum atomic E-state index is 9.36. The van der Waals surface area contributed by atoms with E-state index < -0.39 is 5.92 Å². The molecule has 98 valence electrons. The number of hydrogen-bond donors (Lipinski definition) is 0. The van der Waals surface area contributed by atoms with Crippen molar-refractivity contribution in [1.29, 1.82) is 5.26 Å². The monoisotopic (exact) mass is 263 g/mol. The second-order valence-corrected chi connectivity index (χ2v) is 3.97. The molecule has 1 heterocycles. The maximum Gasteiger partial charge on any atom is 0.217 e. The summed E-state index contributed by atoms with van der Waals surface area (Å²) in [4.78, 5) is 8.18. The van der Waals surface area contributed by atoms with E-state index in [1.54, 1.807) is 13.0 Å². The number of hydrogen-bond acceptors (Lipinski definition) is 4. The zero-order chi connectivity index (χ0) is 14.2. The molecule has 1 aromatic carbocycles. The Morgan fingerprint density at radius 2 is 2.05 bits per heavy atom. The first-order valence-corrected chi connectivity index (χ1v) is 6.14. The Morgan fingerprint density at radius 3 is 2.75 bits per heavy atom. The first kappa shape index (κ1) is 13.6. The molecule has 0 saturated heterocycles. The van der Waals surface area contributed by atoms with E-state index in [4.69, 9.17) is 4.74 Å². The van der Waals surface area contributed by atoms with Crippen molar-refractivity contribution in [1.82, 2.24) is 9.97 Å². The largest absolute Gasteiger partial charge is 0.464 e. The van der Waals surface area contributed by atoms with Crippen LogP contribution >= 0.6 is 0 Å². The summed E-state index contributed by atoms with van der Waals surface area (Å²) < 4.78 is 5.38. The Morgan fingerprint density at radius 1 is 1.25 bits per heavy atom. The molecule has 0 bridgehead atoms. The van der Waals surface area contributed by atoms with Gasteiger partial charge in [-0.3, -0.25) is 0 Å². The molecule has 0 radical (unpaired) electrons. The van der Waals surface area contributed by atoms with Crippen LogP contribution in [0.1, 0.15) is 24.1 Å². The molecule has 1 unspecified atom stereocenters. The Hall–Kier alpha value is -2.85. The Kier molecular flexibility index (Phi) is 4.70. The number of nitrogens with zero attached hydrogens (tertiary/aromatic N) is 3. The highest BCUT2D eigenvalue weighted by Gasteiger charge is 2.15. The van der Waals surface area contributed by atoms with Gasteiger partial charge in [-0.15, -0.1) is 5.92 Å². The lowest BCUT2D eigenvalue weighted by atomic mass is 9.97. The molecule has 0 spiro atoms. The van der Waals surface area contributed by atoms with Gasteiger partial charge in [-0.1, -0.05) is 36.3 Å². The first-order chi connectivity index (χ1) is 9.85. The number of nitriles is 1. The van der Waals surface area contributed by atoms with Crippen molar-refractivity contribution in [2.24, 2.45) is 0 Å². The van der Waals surface area contributed by atoms with Gasteiger partial charge >= 0.3 is 0 Å². The zero-order valence-electron chi connectivity index (χ0n) is 11.1. The van der Waals surface area contributed by atoms with Gasteiger partial charge < -0.3 is 4.74 Å². The summed E-state index contributed by atoms with van der Waals surface area (Å²) in [5.41, 5.74) is 1.51. The molecule has 0 aliphatic heterocycles. The minimum Gasteiger partial charge on any atom is -0.464 e. The summed E-state index contributed by atoms with van der Waals surface area (Å²) in [5, 5.41) is 9.36. The summed E-state index contributed by atoms with van der Waals surface area (Å²) in [7, 11) is 0. The van der Waals surface area contributed by atoms with Crippen molar-refractivity contribution in [3.05, 3.63) is 54.0 Å². The van der Waals surface area contributed by atoms with Crippen molar-refractivity contribution in [3.63, 3.8) is 0 Å². The van der Waals surface area contributed by atoms with Gasteiger partial charge in [-0.25, -0.2) is 9.97 Å². The molecule has 0 amide bonds. The van der Waals surface area contributed by atoms with Crippen molar-refractivity contribution in [3.8, 4) is 23.8 Å². The number of benzene rings is 1. The van der Waals surface area contributed by atoms with E-state index >= 15 is 0 Å². The van der Waals surface area contributed by atoms with E-state index in [2.05, 4.69) is 27.9 Å². The minimum absolute atomic E-state index is 0.273. The van der Waals surface area contributed by atoms with Crippen molar-refractivity contribution >= 4 is 0 Å². The van der Waals surface area contributed by atoms with E-state index in [1.807, 2.05) is 30.3 Å². The fraction of sp³-hybridized carbons (Fsp3) is 0.188. The number of aromatic nitrogens is 2. The van der Waals surface area contributed by atoms with Crippen LogP contribution in [0, 0.1) is 23.2 Å². The molecule has 0 aliphatic rings. The molecule has 1 aromatic heterocycles. The lowest BCUT2D eigenvalue weighted by Crippen LogP contribution is -2.04. The van der Waals surface area contributed by atoms with Crippen molar-refractivity contribution in [2.45, 2.75) is 12.8 Å². The Balaban J connectivity index is 2.24. The van der Waals surface area contributed by atoms with Gasteiger partial charge in [0.1, 0.15) is 12.2 Å². The zero-order valence-corrected chi connectivity index (χ0v) is 11.1. The van der Waals surface area contributed by atoms with Gasteiger partial charge in [0.15, 0.2) is 6.61 Å². The molecule has 20 heavy (non-hydrogen) atoms. The SMILES string of the molecule is CC#CCOc1cc(C(C#N)c2ccccc2)ncn1. The summed E-state index contributed by atoms with van der Waals surface area (Å²) in [6.45, 7) is 2.02. The molecule has 4 heteroatoms. The van der Waals surface area contributed by atoms with Crippen LogP contribution in [-0.2, 0) is 0 Å². The quantitative estimate of drug-likeness (QED) is 0.795. The molecule has 1 atom stereocenters. The Bertz CT molecular complexity index is 665. The van der Waals surface area contributed by atoms with E-state index in [0.717, 1.165) is 5.56 Å². The van der Waals surface area contributed by atoms with Crippen LogP contribution in [0.4, 0.5) is 0 Å². The van der Waals surface area contributed by atoms with Gasteiger partial charge in [0.2, 0.25) is 5.88 Å². The fourth-order valence-corrected chi connectivity index (χ4v) is 1.73. The van der Waals surface area contributed by atoms with Gasteiger partial charge in [-0.05, 0) is 12.5 Å². The first-order valence-electron chi connectivity index (χ1n) is 6.14. The third-order valence-corrected chi connectivity index (χ3v) is 2.69. The lowest BCUT2D eigenvalue weighted by Gasteiger charge is -2.09. The van der Waals surface area contributed by atoms with Crippen molar-refractivity contribution < 1.29 is 4.74 Å². The lowest BCUT2D eigenvalue weighted by molar-refractivity contribution is 0.354. The molecule has 4 nitrogen and oxygen atoms in total. The third-order valence-electron chi connectivity index (χ3n) is 2.69. The highest BCUT2D eigenvalue weighted by atomic mass is 16.5. The van der Waals surface area contributed by atoms with E-state index in [-0.39, 0.29) is 6.61 Å². The van der Waals surface area contributed by atoms with Gasteiger partial charge in [0.25, 0.3) is 0 Å². The highest BCUT2D eigenvalue weighted by Crippen LogP contribution is 2.23. The van der Waals surface area contributed by atoms with Gasteiger partial charge in [0, 0.05) is 6.07 Å². The second-order valence-electron chi connectivity index (χ2n) is 3.97. The summed E-state index contributed by atoms with van der Waals surface area (Å²) in [6.07, 6.45) is 1.40. The van der Waals surface area contributed by atoms with Crippen LogP contribution in [0.2, 0.25) is 0 Å². The predicted octanol–water partition coefficient (Wildman–Crippen LogP) is 2.53. The molecular formula is C16H13N3O. The minimum atomic E-state index is -0.432. The normalized spacial score (nSPS) is 10.8. The molecule has 0 N–H and O–H groups in total. The predicted molar refractivity (Wildman–Crippen MR) is 74.9 cm³/mol. The van der Waals surface area contributed by atoms with Crippen LogP contribution in [0.15, 0.2) is 42.7 Å². The van der Waals surface area contributed by atoms with Crippen LogP contribution < -0.4 is 4.74 Å². The average Bonchev–Trinajstić information content (AvgIpc) is 2.50. The van der Waals surface area contributed by atoms with E-state index in [0.29, 0.717) is 11.6 Å². The number of rotatable bonds is 4. The standard InChI is InChI=1S/C16H13N3O/c1-2-3-9-20-16-10-15(18-12-19-16)14(11-17)13-7-5-4-6-8-13/h4-8,10,12,14H,9H2,1H3. The van der Waals surface area contributed by atoms with Gasteiger partial charge in [-0.2, -0.15) is 5.26 Å². The molecule has 0 aliphatic carbocycles. The van der Waals surface area contributed by atoms with E-state index in [1.165, 1.54) is 6.33 Å². The summed E-state index contributed by atoms with van der Waals surface area (Å²) >= 11 is 0. The van der Waals surface area contributed by atoms with Crippen molar-refractivity contribution in [2.75, 3.05) is 6.61 Å². The third kappa shape index (κ3) is 3.34. The molecular weight excluding hydrogens is 250 g/mol. The second kappa shape index (κ2) is 6.92. The molecule has 2 aromatic rings. The fourth-order valence-electron chi connectivity index (χ4n) is 1.73. The average molecular weight is 263 g/mol. The number of ether oxygens (including phenoxy) is 1. The molecule has 0 fully saturated rings. The summed E-state index contributed by atoms with van der Waals surface area (Å²) in [6, 6.07) is 13.4. The Labute approximate surface area is 118 Å². The van der Waals surface area contributed by atoms with E-state index in [9.17, 15) is 5.26 Å².